The molecule has 1 aromatic rings. The summed E-state index contributed by atoms with van der Waals surface area (Å²) in [4.78, 5) is 11.0. The first-order valence-corrected chi connectivity index (χ1v) is 6.09. The third kappa shape index (κ3) is 3.99. The van der Waals surface area contributed by atoms with Crippen LogP contribution in [0, 0.1) is 5.92 Å². The summed E-state index contributed by atoms with van der Waals surface area (Å²) in [6.07, 6.45) is 2.61. The SMILES string of the molecule is O=C(O)C(C/C=C/Cl)Cc1ccccc1Br. The summed E-state index contributed by atoms with van der Waals surface area (Å²) in [6, 6.07) is 7.63. The van der Waals surface area contributed by atoms with Gasteiger partial charge >= 0.3 is 5.97 Å². The molecule has 1 atom stereocenters. The van der Waals surface area contributed by atoms with Crippen LogP contribution in [0.1, 0.15) is 12.0 Å². The predicted molar refractivity (Wildman–Crippen MR) is 68.6 cm³/mol. The molecule has 2 nitrogen and oxygen atoms in total. The van der Waals surface area contributed by atoms with Crippen LogP contribution in [0.3, 0.4) is 0 Å². The Bertz CT molecular complexity index is 390. The van der Waals surface area contributed by atoms with Crippen molar-refractivity contribution in [1.82, 2.24) is 0 Å². The third-order valence-electron chi connectivity index (χ3n) is 2.28. The summed E-state index contributed by atoms with van der Waals surface area (Å²) in [7, 11) is 0. The Hall–Kier alpha value is -0.800. The number of hydrogen-bond acceptors (Lipinski definition) is 1. The fourth-order valence-electron chi connectivity index (χ4n) is 1.42. The number of benzene rings is 1. The lowest BCUT2D eigenvalue weighted by Gasteiger charge is -2.11. The van der Waals surface area contributed by atoms with Crippen molar-refractivity contribution >= 4 is 33.5 Å². The minimum atomic E-state index is -0.800. The first-order valence-electron chi connectivity index (χ1n) is 4.86. The molecule has 1 aromatic carbocycles. The van der Waals surface area contributed by atoms with Crippen molar-refractivity contribution in [1.29, 1.82) is 0 Å². The lowest BCUT2D eigenvalue weighted by atomic mass is 9.96. The van der Waals surface area contributed by atoms with Gasteiger partial charge in [-0.05, 0) is 24.5 Å². The topological polar surface area (TPSA) is 37.3 Å². The Morgan fingerprint density at radius 2 is 2.19 bits per heavy atom. The molecule has 1 rings (SSSR count). The Morgan fingerprint density at radius 1 is 1.50 bits per heavy atom. The van der Waals surface area contributed by atoms with Gasteiger partial charge in [-0.15, -0.1) is 0 Å². The van der Waals surface area contributed by atoms with E-state index in [0.717, 1.165) is 10.0 Å². The maximum Gasteiger partial charge on any atom is 0.307 e. The molecule has 0 aliphatic rings. The lowest BCUT2D eigenvalue weighted by molar-refractivity contribution is -0.141. The maximum atomic E-state index is 11.0. The van der Waals surface area contributed by atoms with Crippen molar-refractivity contribution in [3.05, 3.63) is 45.9 Å². The van der Waals surface area contributed by atoms with E-state index in [4.69, 9.17) is 16.7 Å². The number of hydrogen-bond donors (Lipinski definition) is 1. The summed E-state index contributed by atoms with van der Waals surface area (Å²) in [5.74, 6) is -1.24. The van der Waals surface area contributed by atoms with Crippen molar-refractivity contribution in [2.75, 3.05) is 0 Å². The zero-order valence-corrected chi connectivity index (χ0v) is 10.9. The molecule has 0 spiro atoms. The van der Waals surface area contributed by atoms with Gasteiger partial charge in [0.2, 0.25) is 0 Å². The molecule has 0 heterocycles. The Morgan fingerprint density at radius 3 is 2.75 bits per heavy atom. The second-order valence-electron chi connectivity index (χ2n) is 3.43. The normalized spacial score (nSPS) is 12.9. The van der Waals surface area contributed by atoms with E-state index >= 15 is 0 Å². The molecule has 0 radical (unpaired) electrons. The molecule has 86 valence electrons. The first-order chi connectivity index (χ1) is 7.65. The molecule has 0 aliphatic heterocycles. The Balaban J connectivity index is 2.75. The highest BCUT2D eigenvalue weighted by Crippen LogP contribution is 2.21. The fourth-order valence-corrected chi connectivity index (χ4v) is 1.97. The van der Waals surface area contributed by atoms with Crippen LogP contribution < -0.4 is 0 Å². The number of aliphatic carboxylic acids is 1. The van der Waals surface area contributed by atoms with Crippen molar-refractivity contribution < 1.29 is 9.90 Å². The van der Waals surface area contributed by atoms with Gasteiger partial charge in [-0.1, -0.05) is 51.8 Å². The van der Waals surface area contributed by atoms with E-state index in [9.17, 15) is 4.79 Å². The van der Waals surface area contributed by atoms with Crippen LogP contribution in [-0.4, -0.2) is 11.1 Å². The fraction of sp³-hybridized carbons (Fsp3) is 0.250. The van der Waals surface area contributed by atoms with E-state index < -0.39 is 11.9 Å². The van der Waals surface area contributed by atoms with Crippen LogP contribution in [0.15, 0.2) is 40.3 Å². The number of rotatable bonds is 5. The largest absolute Gasteiger partial charge is 0.481 e. The molecule has 0 fully saturated rings. The zero-order chi connectivity index (χ0) is 12.0. The van der Waals surface area contributed by atoms with Gasteiger partial charge in [-0.3, -0.25) is 4.79 Å². The van der Waals surface area contributed by atoms with E-state index in [1.807, 2.05) is 24.3 Å². The highest BCUT2D eigenvalue weighted by molar-refractivity contribution is 9.10. The second-order valence-corrected chi connectivity index (χ2v) is 4.53. The van der Waals surface area contributed by atoms with Gasteiger partial charge in [0.25, 0.3) is 0 Å². The van der Waals surface area contributed by atoms with Crippen molar-refractivity contribution in [3.8, 4) is 0 Å². The van der Waals surface area contributed by atoms with Gasteiger partial charge in [-0.25, -0.2) is 0 Å². The lowest BCUT2D eigenvalue weighted by Crippen LogP contribution is -2.15. The summed E-state index contributed by atoms with van der Waals surface area (Å²) in [5, 5.41) is 9.06. The van der Waals surface area contributed by atoms with Gasteiger partial charge < -0.3 is 5.11 Å². The molecule has 0 aromatic heterocycles. The molecular weight excluding hydrogens is 291 g/mol. The maximum absolute atomic E-state index is 11.0. The van der Waals surface area contributed by atoms with Crippen molar-refractivity contribution in [2.45, 2.75) is 12.8 Å². The molecule has 16 heavy (non-hydrogen) atoms. The predicted octanol–water partition coefficient (Wildman–Crippen LogP) is 3.84. The van der Waals surface area contributed by atoms with Crippen LogP contribution in [0.2, 0.25) is 0 Å². The second kappa shape index (κ2) is 6.71. The number of carboxylic acids is 1. The molecular formula is C12H12BrClO2. The van der Waals surface area contributed by atoms with Crippen LogP contribution in [-0.2, 0) is 11.2 Å². The van der Waals surface area contributed by atoms with Crippen LogP contribution in [0.25, 0.3) is 0 Å². The molecule has 0 amide bonds. The molecule has 1 unspecified atom stereocenters. The zero-order valence-electron chi connectivity index (χ0n) is 8.57. The summed E-state index contributed by atoms with van der Waals surface area (Å²) >= 11 is 8.81. The smallest absolute Gasteiger partial charge is 0.307 e. The third-order valence-corrected chi connectivity index (χ3v) is 3.23. The van der Waals surface area contributed by atoms with Gasteiger partial charge in [0.1, 0.15) is 0 Å². The van der Waals surface area contributed by atoms with Gasteiger partial charge in [-0.2, -0.15) is 0 Å². The average Bonchev–Trinajstić information content (AvgIpc) is 2.26. The molecule has 0 bridgehead atoms. The quantitative estimate of drug-likeness (QED) is 0.897. The molecule has 0 saturated carbocycles. The van der Waals surface area contributed by atoms with Crippen molar-refractivity contribution in [3.63, 3.8) is 0 Å². The summed E-state index contributed by atoms with van der Waals surface area (Å²) in [6.45, 7) is 0. The van der Waals surface area contributed by atoms with E-state index in [1.165, 1.54) is 5.54 Å². The molecule has 4 heteroatoms. The number of halogens is 2. The Labute approximate surface area is 108 Å². The van der Waals surface area contributed by atoms with Crippen LogP contribution in [0.4, 0.5) is 0 Å². The summed E-state index contributed by atoms with van der Waals surface area (Å²) < 4.78 is 0.941. The van der Waals surface area contributed by atoms with Crippen molar-refractivity contribution in [2.24, 2.45) is 5.92 Å². The van der Waals surface area contributed by atoms with Crippen LogP contribution >= 0.6 is 27.5 Å². The number of carboxylic acid groups (broad SMARTS) is 1. The monoisotopic (exact) mass is 302 g/mol. The summed E-state index contributed by atoms with van der Waals surface area (Å²) in [5.41, 5.74) is 2.36. The molecule has 1 N–H and O–H groups in total. The van der Waals surface area contributed by atoms with E-state index in [1.54, 1.807) is 6.08 Å². The highest BCUT2D eigenvalue weighted by atomic mass is 79.9. The van der Waals surface area contributed by atoms with Gasteiger partial charge in [0.15, 0.2) is 0 Å². The van der Waals surface area contributed by atoms with Crippen LogP contribution in [0.5, 0.6) is 0 Å². The highest BCUT2D eigenvalue weighted by Gasteiger charge is 2.17. The minimum absolute atomic E-state index is 0.436. The van der Waals surface area contributed by atoms with E-state index in [0.29, 0.717) is 12.8 Å². The van der Waals surface area contributed by atoms with Gasteiger partial charge in [0, 0.05) is 10.0 Å². The minimum Gasteiger partial charge on any atom is -0.481 e. The average molecular weight is 304 g/mol. The molecule has 0 aliphatic carbocycles. The van der Waals surface area contributed by atoms with E-state index in [-0.39, 0.29) is 0 Å². The number of carbonyl (C=O) groups is 1. The molecule has 0 saturated heterocycles. The van der Waals surface area contributed by atoms with Gasteiger partial charge in [0.05, 0.1) is 5.92 Å². The first kappa shape index (κ1) is 13.3. The van der Waals surface area contributed by atoms with E-state index in [2.05, 4.69) is 15.9 Å². The standard InChI is InChI=1S/C12H12BrClO2/c13-11-6-2-1-4-9(11)8-10(12(15)16)5-3-7-14/h1-4,6-7,10H,5,8H2,(H,15,16)/b7-3+. The Kier molecular flexibility index (Phi) is 5.56. The number of allylic oxidation sites excluding steroid dienone is 1.